The summed E-state index contributed by atoms with van der Waals surface area (Å²) in [4.78, 5) is 32.1. The number of aliphatic hydroxyl groups is 2. The van der Waals surface area contributed by atoms with Gasteiger partial charge in [0.15, 0.2) is 0 Å². The van der Waals surface area contributed by atoms with E-state index in [9.17, 15) is 19.8 Å². The predicted octanol–water partition coefficient (Wildman–Crippen LogP) is 11.0. The van der Waals surface area contributed by atoms with Gasteiger partial charge in [0.1, 0.15) is 0 Å². The molecule has 6 nitrogen and oxygen atoms in total. The van der Waals surface area contributed by atoms with Gasteiger partial charge in [0.2, 0.25) is 5.78 Å². The van der Waals surface area contributed by atoms with Crippen molar-refractivity contribution in [3.8, 4) is 0 Å². The van der Waals surface area contributed by atoms with E-state index in [1.165, 1.54) is 29.8 Å². The van der Waals surface area contributed by atoms with Crippen molar-refractivity contribution in [2.75, 3.05) is 13.1 Å². The van der Waals surface area contributed by atoms with Gasteiger partial charge in [-0.15, -0.1) is 11.3 Å². The molecule has 8 atom stereocenters. The molecule has 4 bridgehead atoms. The molecular formula is C50H62N2O4S. The number of allylic oxidation sites excluding steroid dienone is 2. The molecule has 3 aromatic carbocycles. The molecule has 0 spiro atoms. The molecule has 6 aliphatic carbocycles. The maximum atomic E-state index is 14.8. The summed E-state index contributed by atoms with van der Waals surface area (Å²) in [5.41, 5.74) is 3.34. The summed E-state index contributed by atoms with van der Waals surface area (Å²) in [7, 11) is 0. The van der Waals surface area contributed by atoms with Crippen LogP contribution in [0.15, 0.2) is 90.5 Å². The molecule has 302 valence electrons. The maximum Gasteiger partial charge on any atom is 0.317 e. The molecule has 2 amide bonds. The fraction of sp³-hybridized carbons (Fsp3) is 0.520. The van der Waals surface area contributed by atoms with E-state index in [0.717, 1.165) is 52.0 Å². The van der Waals surface area contributed by atoms with Crippen LogP contribution in [0.2, 0.25) is 0 Å². The molecule has 10 rings (SSSR count). The van der Waals surface area contributed by atoms with E-state index in [1.54, 1.807) is 0 Å². The standard InChI is InChI=1S/C50H62N2O4S/c1-32-12-11-24-49(5)42(40-22-18-34(26-39(53)21-17-32)27-41(40)46(54)45-28-36-15-9-10-16-44(36)57-45)23-25-50(49,56)31-52(30-37-19-20-38-29-43(37)48(38,3)4)47(55)51-33(2)35-13-7-6-8-14-35/h6-10,12-16,18,22,27-28,33,37-39,42-43,53,56H,11,17,19-21,23-26,29-31H2,1-5H3,(H,51,55)/t33-,37+,38+,39+,42+,43+,49+,50-/m1/s1. The van der Waals surface area contributed by atoms with Gasteiger partial charge in [-0.2, -0.15) is 0 Å². The summed E-state index contributed by atoms with van der Waals surface area (Å²) in [5, 5.41) is 28.9. The zero-order valence-corrected chi connectivity index (χ0v) is 35.4. The zero-order chi connectivity index (χ0) is 40.1. The first-order chi connectivity index (χ1) is 27.3. The van der Waals surface area contributed by atoms with Crippen LogP contribution in [-0.4, -0.2) is 51.7 Å². The quantitative estimate of drug-likeness (QED) is 0.123. The highest BCUT2D eigenvalue weighted by atomic mass is 32.1. The minimum absolute atomic E-state index is 0.00205. The van der Waals surface area contributed by atoms with Gasteiger partial charge in [-0.1, -0.05) is 93.1 Å². The van der Waals surface area contributed by atoms with Crippen LogP contribution in [0, 0.1) is 28.6 Å². The average Bonchev–Trinajstić information content (AvgIpc) is 3.75. The minimum Gasteiger partial charge on any atom is -0.393 e. The molecule has 0 radical (unpaired) electrons. The van der Waals surface area contributed by atoms with Crippen molar-refractivity contribution < 1.29 is 19.8 Å². The second-order valence-corrected chi connectivity index (χ2v) is 20.2. The average molecular weight is 787 g/mol. The Morgan fingerprint density at radius 1 is 0.947 bits per heavy atom. The summed E-state index contributed by atoms with van der Waals surface area (Å²) in [6.45, 7) is 12.1. The molecule has 1 heterocycles. The van der Waals surface area contributed by atoms with Gasteiger partial charge in [-0.3, -0.25) is 4.79 Å². The lowest BCUT2D eigenvalue weighted by Crippen LogP contribution is -2.59. The number of benzene rings is 3. The predicted molar refractivity (Wildman–Crippen MR) is 232 cm³/mol. The van der Waals surface area contributed by atoms with Crippen LogP contribution >= 0.6 is 11.3 Å². The summed E-state index contributed by atoms with van der Waals surface area (Å²) in [5.74, 6) is 1.61. The number of carbonyl (C=O) groups excluding carboxylic acids is 2. The third-order valence-electron chi connectivity index (χ3n) is 15.4. The first kappa shape index (κ1) is 40.0. The van der Waals surface area contributed by atoms with Gasteiger partial charge < -0.3 is 20.4 Å². The third kappa shape index (κ3) is 7.65. The van der Waals surface area contributed by atoms with Crippen LogP contribution in [0.4, 0.5) is 4.79 Å². The van der Waals surface area contributed by atoms with Gasteiger partial charge in [-0.05, 0) is 147 Å². The fourth-order valence-electron chi connectivity index (χ4n) is 11.5. The first-order valence-corrected chi connectivity index (χ1v) is 22.4. The van der Waals surface area contributed by atoms with Crippen molar-refractivity contribution in [3.63, 3.8) is 0 Å². The Labute approximate surface area is 343 Å². The lowest BCUT2D eigenvalue weighted by Gasteiger charge is -2.60. The molecule has 4 saturated carbocycles. The number of aliphatic hydroxyl groups excluding tert-OH is 1. The van der Waals surface area contributed by atoms with Gasteiger partial charge in [0, 0.05) is 22.2 Å². The molecule has 4 fully saturated rings. The number of nitrogens with one attached hydrogen (secondary N) is 1. The topological polar surface area (TPSA) is 89.9 Å². The number of carbonyl (C=O) groups is 2. The van der Waals surface area contributed by atoms with Crippen molar-refractivity contribution >= 4 is 33.2 Å². The Hall–Kier alpha value is -3.78. The van der Waals surface area contributed by atoms with Crippen molar-refractivity contribution in [3.05, 3.63) is 118 Å². The van der Waals surface area contributed by atoms with Crippen LogP contribution in [0.25, 0.3) is 10.1 Å². The zero-order valence-electron chi connectivity index (χ0n) is 34.6. The van der Waals surface area contributed by atoms with Crippen LogP contribution in [0.5, 0.6) is 0 Å². The number of fused-ring (bicyclic) bond motifs is 11. The number of hydrogen-bond donors (Lipinski definition) is 3. The second kappa shape index (κ2) is 15.8. The number of ketones is 1. The largest absolute Gasteiger partial charge is 0.393 e. The Balaban J connectivity index is 1.17. The Morgan fingerprint density at radius 2 is 1.72 bits per heavy atom. The smallest absolute Gasteiger partial charge is 0.317 e. The van der Waals surface area contributed by atoms with Gasteiger partial charge in [-0.25, -0.2) is 4.79 Å². The lowest BCUT2D eigenvalue weighted by molar-refractivity contribution is -0.118. The van der Waals surface area contributed by atoms with Crippen molar-refractivity contribution in [1.82, 2.24) is 10.2 Å². The number of rotatable bonds is 8. The summed E-state index contributed by atoms with van der Waals surface area (Å²) < 4.78 is 1.08. The van der Waals surface area contributed by atoms with E-state index in [2.05, 4.69) is 75.5 Å². The Kier molecular flexibility index (Phi) is 11.1. The highest BCUT2D eigenvalue weighted by Crippen LogP contribution is 2.62. The van der Waals surface area contributed by atoms with E-state index in [0.29, 0.717) is 60.9 Å². The fourth-order valence-corrected chi connectivity index (χ4v) is 12.5. The van der Waals surface area contributed by atoms with Gasteiger partial charge in [0.05, 0.1) is 29.2 Å². The SMILES string of the molecule is CC1=CCC[C@@]2(C)[C@@H](CC[C@@]2(O)CN(C[C@@H]2CC[C@H]3C[C@@H]2C3(C)C)C(=O)N[C@H](C)c2ccccc2)c2ccc(cc2C(=O)c2cc3ccccc3s2)C[C@@H](O)CC1. The first-order valence-electron chi connectivity index (χ1n) is 21.6. The second-order valence-electron chi connectivity index (χ2n) is 19.1. The molecule has 7 heteroatoms. The van der Waals surface area contributed by atoms with Crippen molar-refractivity contribution in [2.24, 2.45) is 28.6 Å². The Morgan fingerprint density at radius 3 is 2.47 bits per heavy atom. The molecule has 4 aromatic rings. The van der Waals surface area contributed by atoms with E-state index in [4.69, 9.17) is 0 Å². The van der Waals surface area contributed by atoms with Crippen LogP contribution < -0.4 is 5.32 Å². The third-order valence-corrected chi connectivity index (χ3v) is 16.5. The number of nitrogens with zero attached hydrogens (tertiary/aromatic N) is 1. The normalized spacial score (nSPS) is 30.1. The molecule has 3 N–H and O–H groups in total. The molecular weight excluding hydrogens is 725 g/mol. The van der Waals surface area contributed by atoms with Gasteiger partial charge in [0.25, 0.3) is 0 Å². The number of hydrogen-bond acceptors (Lipinski definition) is 5. The molecule has 1 aromatic heterocycles. The summed E-state index contributed by atoms with van der Waals surface area (Å²) >= 11 is 1.53. The summed E-state index contributed by atoms with van der Waals surface area (Å²) in [6, 6.07) is 26.2. The molecule has 0 unspecified atom stereocenters. The lowest BCUT2D eigenvalue weighted by atomic mass is 9.45. The maximum absolute atomic E-state index is 14.8. The van der Waals surface area contributed by atoms with Crippen molar-refractivity contribution in [1.29, 1.82) is 0 Å². The molecule has 57 heavy (non-hydrogen) atoms. The van der Waals surface area contributed by atoms with Gasteiger partial charge >= 0.3 is 6.03 Å². The number of amides is 2. The van der Waals surface area contributed by atoms with Crippen LogP contribution in [0.3, 0.4) is 0 Å². The van der Waals surface area contributed by atoms with Crippen molar-refractivity contribution in [2.45, 2.75) is 122 Å². The van der Waals surface area contributed by atoms with E-state index >= 15 is 0 Å². The highest BCUT2D eigenvalue weighted by molar-refractivity contribution is 7.21. The monoisotopic (exact) mass is 786 g/mol. The summed E-state index contributed by atoms with van der Waals surface area (Å²) in [6.07, 6.45) is 9.98. The van der Waals surface area contributed by atoms with E-state index < -0.39 is 17.1 Å². The number of thiophene rings is 1. The Bertz CT molecular complexity index is 2100. The van der Waals surface area contributed by atoms with Crippen LogP contribution in [-0.2, 0) is 6.42 Å². The molecule has 0 saturated heterocycles. The molecule has 0 aliphatic heterocycles. The minimum atomic E-state index is -1.19. The number of urea groups is 1. The van der Waals surface area contributed by atoms with E-state index in [1.807, 2.05) is 54.3 Å². The van der Waals surface area contributed by atoms with E-state index in [-0.39, 0.29) is 35.7 Å². The van der Waals surface area contributed by atoms with Crippen LogP contribution in [0.1, 0.15) is 136 Å². The molecule has 6 aliphatic rings. The highest BCUT2D eigenvalue weighted by Gasteiger charge is 2.59.